The maximum absolute atomic E-state index is 12.7. The Labute approximate surface area is 240 Å². The molecule has 0 bridgehead atoms. The molecule has 216 valence electrons. The Kier molecular flexibility index (Phi) is 11.8. The van der Waals surface area contributed by atoms with Crippen molar-refractivity contribution in [2.45, 2.75) is 32.5 Å². The molecule has 0 aliphatic rings. The van der Waals surface area contributed by atoms with E-state index < -0.39 is 22.0 Å². The SMILES string of the molecule is CC(C)Oc1cc(-c2ccc(OCCNC[C@@H](O)c3cccc(Cl)c3)cc2)ccc1C(=O)NS(=O)(=O)CCCO. The summed E-state index contributed by atoms with van der Waals surface area (Å²) in [6.45, 7) is 4.64. The van der Waals surface area contributed by atoms with Crippen molar-refractivity contribution in [3.05, 3.63) is 82.9 Å². The third kappa shape index (κ3) is 9.79. The van der Waals surface area contributed by atoms with Gasteiger partial charge in [-0.15, -0.1) is 0 Å². The zero-order valence-electron chi connectivity index (χ0n) is 22.5. The van der Waals surface area contributed by atoms with Gasteiger partial charge in [0, 0.05) is 24.7 Å². The van der Waals surface area contributed by atoms with Crippen molar-refractivity contribution in [2.75, 3.05) is 32.1 Å². The fraction of sp³-hybridized carbons (Fsp3) is 0.345. The molecule has 4 N–H and O–H groups in total. The van der Waals surface area contributed by atoms with Crippen LogP contribution in [0.3, 0.4) is 0 Å². The molecule has 0 saturated heterocycles. The number of sulfonamides is 1. The summed E-state index contributed by atoms with van der Waals surface area (Å²) in [5.41, 5.74) is 2.47. The minimum atomic E-state index is -3.88. The van der Waals surface area contributed by atoms with Crippen molar-refractivity contribution in [2.24, 2.45) is 0 Å². The van der Waals surface area contributed by atoms with E-state index in [1.165, 1.54) is 6.07 Å². The lowest BCUT2D eigenvalue weighted by Gasteiger charge is -2.16. The molecule has 0 saturated carbocycles. The quantitative estimate of drug-likeness (QED) is 0.196. The first kappa shape index (κ1) is 31.4. The molecule has 40 heavy (non-hydrogen) atoms. The molecule has 1 amide bonds. The number of rotatable bonds is 15. The number of hydrogen-bond acceptors (Lipinski definition) is 8. The predicted molar refractivity (Wildman–Crippen MR) is 155 cm³/mol. The molecule has 3 aromatic rings. The fourth-order valence-electron chi connectivity index (χ4n) is 3.80. The van der Waals surface area contributed by atoms with Gasteiger partial charge in [-0.1, -0.05) is 41.9 Å². The molecule has 0 aliphatic carbocycles. The second-order valence-electron chi connectivity index (χ2n) is 9.35. The lowest BCUT2D eigenvalue weighted by atomic mass is 10.0. The van der Waals surface area contributed by atoms with Crippen LogP contribution < -0.4 is 19.5 Å². The summed E-state index contributed by atoms with van der Waals surface area (Å²) in [7, 11) is -3.88. The van der Waals surface area contributed by atoms with Gasteiger partial charge in [0.05, 0.1) is 23.5 Å². The standard InChI is InChI=1S/C29H35ClN2O7S/c1-20(2)39-28-18-22(9-12-26(28)29(35)32-40(36,37)16-4-14-33)21-7-10-25(11-8-21)38-15-13-31-19-27(34)23-5-3-6-24(30)17-23/h3,5-12,17-18,20,27,31,33-34H,4,13-16,19H2,1-2H3,(H,32,35)/t27-/m1/s1. The number of aliphatic hydroxyl groups excluding tert-OH is 2. The molecule has 0 fully saturated rings. The summed E-state index contributed by atoms with van der Waals surface area (Å²) in [6.07, 6.45) is -0.889. The summed E-state index contributed by atoms with van der Waals surface area (Å²) in [6, 6.07) is 19.4. The lowest BCUT2D eigenvalue weighted by Crippen LogP contribution is -2.33. The topological polar surface area (TPSA) is 134 Å². The van der Waals surface area contributed by atoms with Crippen molar-refractivity contribution >= 4 is 27.5 Å². The molecule has 3 aromatic carbocycles. The number of carbonyl (C=O) groups is 1. The molecular formula is C29H35ClN2O7S. The highest BCUT2D eigenvalue weighted by molar-refractivity contribution is 7.90. The molecule has 0 radical (unpaired) electrons. The van der Waals surface area contributed by atoms with Gasteiger partial charge in [-0.05, 0) is 73.4 Å². The molecule has 0 spiro atoms. The molecule has 0 unspecified atom stereocenters. The number of amides is 1. The minimum Gasteiger partial charge on any atom is -0.492 e. The van der Waals surface area contributed by atoms with E-state index in [-0.39, 0.29) is 36.2 Å². The van der Waals surface area contributed by atoms with E-state index in [9.17, 15) is 18.3 Å². The monoisotopic (exact) mass is 590 g/mol. The predicted octanol–water partition coefficient (Wildman–Crippen LogP) is 3.94. The molecule has 0 heterocycles. The summed E-state index contributed by atoms with van der Waals surface area (Å²) in [5.74, 6) is -0.224. The molecule has 9 nitrogen and oxygen atoms in total. The van der Waals surface area contributed by atoms with Crippen molar-refractivity contribution in [1.29, 1.82) is 0 Å². The Bertz CT molecular complexity index is 1370. The van der Waals surface area contributed by atoms with Crippen LogP contribution in [0, 0.1) is 0 Å². The summed E-state index contributed by atoms with van der Waals surface area (Å²) in [5, 5.41) is 22.9. The van der Waals surface area contributed by atoms with Gasteiger partial charge < -0.3 is 25.0 Å². The van der Waals surface area contributed by atoms with Gasteiger partial charge in [0.25, 0.3) is 5.91 Å². The Hall–Kier alpha value is -3.15. The largest absolute Gasteiger partial charge is 0.492 e. The molecular weight excluding hydrogens is 556 g/mol. The van der Waals surface area contributed by atoms with Crippen LogP contribution in [0.2, 0.25) is 5.02 Å². The van der Waals surface area contributed by atoms with Gasteiger partial charge in [0.15, 0.2) is 0 Å². The van der Waals surface area contributed by atoms with Gasteiger partial charge in [0.2, 0.25) is 10.0 Å². The first-order valence-corrected chi connectivity index (χ1v) is 14.9. The minimum absolute atomic E-state index is 0.0280. The highest BCUT2D eigenvalue weighted by atomic mass is 35.5. The van der Waals surface area contributed by atoms with Crippen LogP contribution in [0.4, 0.5) is 0 Å². The third-order valence-electron chi connectivity index (χ3n) is 5.71. The van der Waals surface area contributed by atoms with Crippen molar-refractivity contribution in [3.63, 3.8) is 0 Å². The maximum atomic E-state index is 12.7. The van der Waals surface area contributed by atoms with Crippen LogP contribution in [-0.2, 0) is 10.0 Å². The summed E-state index contributed by atoms with van der Waals surface area (Å²) in [4.78, 5) is 12.7. The highest BCUT2D eigenvalue weighted by Gasteiger charge is 2.20. The van der Waals surface area contributed by atoms with Crippen LogP contribution in [0.15, 0.2) is 66.7 Å². The van der Waals surface area contributed by atoms with Crippen LogP contribution >= 0.6 is 11.6 Å². The number of benzene rings is 3. The van der Waals surface area contributed by atoms with E-state index in [1.54, 1.807) is 30.3 Å². The molecule has 0 aromatic heterocycles. The maximum Gasteiger partial charge on any atom is 0.268 e. The fourth-order valence-corrected chi connectivity index (χ4v) is 5.00. The highest BCUT2D eigenvalue weighted by Crippen LogP contribution is 2.29. The number of nitrogens with one attached hydrogen (secondary N) is 2. The third-order valence-corrected chi connectivity index (χ3v) is 7.27. The Balaban J connectivity index is 1.59. The zero-order valence-corrected chi connectivity index (χ0v) is 24.0. The Morgan fingerprint density at radius 1 is 1.02 bits per heavy atom. The zero-order chi connectivity index (χ0) is 29.1. The van der Waals surface area contributed by atoms with E-state index in [0.717, 1.165) is 16.7 Å². The average Bonchev–Trinajstić information content (AvgIpc) is 2.91. The van der Waals surface area contributed by atoms with E-state index in [1.807, 2.05) is 48.9 Å². The van der Waals surface area contributed by atoms with E-state index >= 15 is 0 Å². The van der Waals surface area contributed by atoms with E-state index in [4.69, 9.17) is 26.2 Å². The summed E-state index contributed by atoms with van der Waals surface area (Å²) >= 11 is 5.97. The first-order chi connectivity index (χ1) is 19.1. The van der Waals surface area contributed by atoms with Gasteiger partial charge in [-0.3, -0.25) is 4.79 Å². The molecule has 0 aliphatic heterocycles. The van der Waals surface area contributed by atoms with Crippen molar-refractivity contribution in [1.82, 2.24) is 10.0 Å². The normalized spacial score (nSPS) is 12.2. The van der Waals surface area contributed by atoms with Crippen LogP contribution in [0.25, 0.3) is 11.1 Å². The Morgan fingerprint density at radius 3 is 2.42 bits per heavy atom. The van der Waals surface area contributed by atoms with Gasteiger partial charge in [-0.2, -0.15) is 0 Å². The van der Waals surface area contributed by atoms with E-state index in [0.29, 0.717) is 30.5 Å². The second-order valence-corrected chi connectivity index (χ2v) is 11.6. The van der Waals surface area contributed by atoms with Gasteiger partial charge in [0.1, 0.15) is 18.1 Å². The van der Waals surface area contributed by atoms with E-state index in [2.05, 4.69) is 5.32 Å². The van der Waals surface area contributed by atoms with Crippen LogP contribution in [-0.4, -0.2) is 62.7 Å². The number of ether oxygens (including phenoxy) is 2. The smallest absolute Gasteiger partial charge is 0.268 e. The number of carbonyl (C=O) groups excluding carboxylic acids is 1. The second kappa shape index (κ2) is 15.0. The van der Waals surface area contributed by atoms with Crippen molar-refractivity contribution < 1.29 is 32.9 Å². The summed E-state index contributed by atoms with van der Waals surface area (Å²) < 4.78 is 37.9. The molecule has 1 atom stereocenters. The number of halogens is 1. The lowest BCUT2D eigenvalue weighted by molar-refractivity contribution is 0.0975. The van der Waals surface area contributed by atoms with Crippen LogP contribution in [0.1, 0.15) is 42.3 Å². The first-order valence-electron chi connectivity index (χ1n) is 12.9. The van der Waals surface area contributed by atoms with Crippen LogP contribution in [0.5, 0.6) is 11.5 Å². The number of aliphatic hydroxyl groups is 2. The average molecular weight is 591 g/mol. The van der Waals surface area contributed by atoms with Gasteiger partial charge in [-0.25, -0.2) is 13.1 Å². The molecule has 3 rings (SSSR count). The molecule has 11 heteroatoms. The van der Waals surface area contributed by atoms with Crippen molar-refractivity contribution in [3.8, 4) is 22.6 Å². The van der Waals surface area contributed by atoms with Gasteiger partial charge >= 0.3 is 0 Å². The Morgan fingerprint density at radius 2 is 1.75 bits per heavy atom. The number of hydrogen-bond donors (Lipinski definition) is 4.